The highest BCUT2D eigenvalue weighted by atomic mass is 35.5. The van der Waals surface area contributed by atoms with E-state index in [-0.39, 0.29) is 11.1 Å². The van der Waals surface area contributed by atoms with Crippen molar-refractivity contribution in [3.8, 4) is 11.4 Å². The Bertz CT molecular complexity index is 601. The minimum Gasteiger partial charge on any atom is -0.337 e. The van der Waals surface area contributed by atoms with E-state index in [1.165, 1.54) is 12.1 Å². The van der Waals surface area contributed by atoms with Gasteiger partial charge in [0, 0.05) is 5.56 Å². The summed E-state index contributed by atoms with van der Waals surface area (Å²) >= 11 is 5.75. The number of halogens is 2. The Morgan fingerprint density at radius 1 is 1.47 bits per heavy atom. The fourth-order valence-electron chi connectivity index (χ4n) is 2.28. The second kappa shape index (κ2) is 4.90. The van der Waals surface area contributed by atoms with Crippen LogP contribution in [0.25, 0.3) is 11.4 Å². The van der Waals surface area contributed by atoms with Gasteiger partial charge in [-0.25, -0.2) is 4.39 Å². The molecular weight excluding hydrogens is 269 g/mol. The molecule has 2 aromatic rings. The Kier molecular flexibility index (Phi) is 3.24. The first-order valence-corrected chi connectivity index (χ1v) is 6.55. The predicted octanol–water partition coefficient (Wildman–Crippen LogP) is 3.20. The number of nitrogens with one attached hydrogen (secondary N) is 1. The van der Waals surface area contributed by atoms with Crippen LogP contribution in [0.3, 0.4) is 0 Å². The molecule has 1 aromatic heterocycles. The molecular formula is C13H13ClFN3O. The van der Waals surface area contributed by atoms with Crippen LogP contribution in [0.4, 0.5) is 4.39 Å². The van der Waals surface area contributed by atoms with Crippen molar-refractivity contribution in [1.82, 2.24) is 15.5 Å². The van der Waals surface area contributed by atoms with Gasteiger partial charge in [0.25, 0.3) is 0 Å². The van der Waals surface area contributed by atoms with Crippen LogP contribution >= 0.6 is 11.6 Å². The monoisotopic (exact) mass is 281 g/mol. The third kappa shape index (κ3) is 2.35. The molecule has 6 heteroatoms. The summed E-state index contributed by atoms with van der Waals surface area (Å²) in [7, 11) is 0. The zero-order valence-electron chi connectivity index (χ0n) is 10.4. The zero-order chi connectivity index (χ0) is 13.4. The van der Waals surface area contributed by atoms with Crippen LogP contribution in [-0.4, -0.2) is 16.7 Å². The lowest BCUT2D eigenvalue weighted by atomic mass is 10.0. The van der Waals surface area contributed by atoms with Crippen LogP contribution in [0.5, 0.6) is 0 Å². The smallest absolute Gasteiger partial charge is 0.244 e. The average molecular weight is 282 g/mol. The first-order chi connectivity index (χ1) is 9.15. The molecule has 19 heavy (non-hydrogen) atoms. The third-order valence-electron chi connectivity index (χ3n) is 3.42. The lowest BCUT2D eigenvalue weighted by Gasteiger charge is -2.09. The van der Waals surface area contributed by atoms with Gasteiger partial charge in [-0.1, -0.05) is 23.7 Å². The van der Waals surface area contributed by atoms with Crippen LogP contribution in [0.1, 0.15) is 25.3 Å². The van der Waals surface area contributed by atoms with E-state index < -0.39 is 5.82 Å². The molecule has 0 spiro atoms. The summed E-state index contributed by atoms with van der Waals surface area (Å²) in [6.45, 7) is 3.09. The quantitative estimate of drug-likeness (QED) is 0.918. The fraction of sp³-hybridized carbons (Fsp3) is 0.385. The number of aromatic nitrogens is 2. The van der Waals surface area contributed by atoms with Gasteiger partial charge in [0.05, 0.1) is 11.1 Å². The standard InChI is InChI=1S/C13H13ClFN3O/c1-7-4-5-16-11(7)13-17-12(18-19-13)8-2-3-10(15)9(14)6-8/h2-3,6-7,11,16H,4-5H2,1H3. The van der Waals surface area contributed by atoms with Crippen molar-refractivity contribution in [2.75, 3.05) is 6.54 Å². The molecule has 0 radical (unpaired) electrons. The fourth-order valence-corrected chi connectivity index (χ4v) is 2.46. The van der Waals surface area contributed by atoms with E-state index in [9.17, 15) is 4.39 Å². The van der Waals surface area contributed by atoms with Crippen LogP contribution in [-0.2, 0) is 0 Å². The zero-order valence-corrected chi connectivity index (χ0v) is 11.1. The topological polar surface area (TPSA) is 51.0 Å². The second-order valence-electron chi connectivity index (χ2n) is 4.78. The van der Waals surface area contributed by atoms with Crippen molar-refractivity contribution in [3.05, 3.63) is 34.9 Å². The maximum absolute atomic E-state index is 13.1. The molecule has 0 amide bonds. The van der Waals surface area contributed by atoms with Crippen molar-refractivity contribution >= 4 is 11.6 Å². The summed E-state index contributed by atoms with van der Waals surface area (Å²) in [5.41, 5.74) is 0.645. The number of hydrogen-bond donors (Lipinski definition) is 1. The lowest BCUT2D eigenvalue weighted by Crippen LogP contribution is -2.16. The van der Waals surface area contributed by atoms with E-state index in [1.54, 1.807) is 6.07 Å². The second-order valence-corrected chi connectivity index (χ2v) is 5.19. The molecule has 0 saturated carbocycles. The molecule has 2 heterocycles. The van der Waals surface area contributed by atoms with Crippen molar-refractivity contribution in [3.63, 3.8) is 0 Å². The van der Waals surface area contributed by atoms with Gasteiger partial charge < -0.3 is 9.84 Å². The van der Waals surface area contributed by atoms with Crippen molar-refractivity contribution in [2.45, 2.75) is 19.4 Å². The van der Waals surface area contributed by atoms with Crippen LogP contribution < -0.4 is 5.32 Å². The van der Waals surface area contributed by atoms with Gasteiger partial charge >= 0.3 is 0 Å². The van der Waals surface area contributed by atoms with Crippen molar-refractivity contribution in [1.29, 1.82) is 0 Å². The Balaban J connectivity index is 1.90. The molecule has 3 rings (SSSR count). The van der Waals surface area contributed by atoms with E-state index >= 15 is 0 Å². The summed E-state index contributed by atoms with van der Waals surface area (Å²) in [6.07, 6.45) is 1.09. The molecule has 0 aliphatic carbocycles. The van der Waals surface area contributed by atoms with Crippen LogP contribution in [0.15, 0.2) is 22.7 Å². The molecule has 1 saturated heterocycles. The molecule has 1 aromatic carbocycles. The van der Waals surface area contributed by atoms with Crippen molar-refractivity contribution < 1.29 is 8.91 Å². The maximum Gasteiger partial charge on any atom is 0.244 e. The third-order valence-corrected chi connectivity index (χ3v) is 3.71. The van der Waals surface area contributed by atoms with Gasteiger partial charge in [-0.3, -0.25) is 0 Å². The summed E-state index contributed by atoms with van der Waals surface area (Å²) in [5.74, 6) is 1.00. The van der Waals surface area contributed by atoms with E-state index in [0.717, 1.165) is 13.0 Å². The highest BCUT2D eigenvalue weighted by Crippen LogP contribution is 2.30. The number of rotatable bonds is 2. The van der Waals surface area contributed by atoms with Gasteiger partial charge in [-0.2, -0.15) is 4.98 Å². The Morgan fingerprint density at radius 2 is 2.32 bits per heavy atom. The van der Waals surface area contributed by atoms with Crippen LogP contribution in [0.2, 0.25) is 5.02 Å². The molecule has 4 nitrogen and oxygen atoms in total. The molecule has 1 N–H and O–H groups in total. The number of nitrogens with zero attached hydrogens (tertiary/aromatic N) is 2. The van der Waals surface area contributed by atoms with E-state index in [4.69, 9.17) is 16.1 Å². The maximum atomic E-state index is 13.1. The summed E-state index contributed by atoms with van der Waals surface area (Å²) in [5, 5.41) is 7.31. The summed E-state index contributed by atoms with van der Waals surface area (Å²) < 4.78 is 18.4. The molecule has 1 aliphatic heterocycles. The molecule has 1 fully saturated rings. The minimum absolute atomic E-state index is 0.0520. The Hall–Kier alpha value is -1.46. The van der Waals surface area contributed by atoms with Gasteiger partial charge in [0.1, 0.15) is 5.82 Å². The first-order valence-electron chi connectivity index (χ1n) is 6.17. The molecule has 2 unspecified atom stereocenters. The highest BCUT2D eigenvalue weighted by molar-refractivity contribution is 6.31. The first kappa shape index (κ1) is 12.6. The average Bonchev–Trinajstić information content (AvgIpc) is 3.01. The van der Waals surface area contributed by atoms with Crippen molar-refractivity contribution in [2.24, 2.45) is 5.92 Å². The van der Waals surface area contributed by atoms with Crippen LogP contribution in [0, 0.1) is 11.7 Å². The SMILES string of the molecule is CC1CCNC1c1nc(-c2ccc(F)c(Cl)c2)no1. The Morgan fingerprint density at radius 3 is 3.00 bits per heavy atom. The van der Waals surface area contributed by atoms with Gasteiger partial charge in [-0.15, -0.1) is 0 Å². The largest absolute Gasteiger partial charge is 0.337 e. The number of benzene rings is 1. The predicted molar refractivity (Wildman–Crippen MR) is 69.2 cm³/mol. The van der Waals surface area contributed by atoms with Gasteiger partial charge in [0.15, 0.2) is 0 Å². The van der Waals surface area contributed by atoms with Gasteiger partial charge in [-0.05, 0) is 37.1 Å². The molecule has 0 bridgehead atoms. The normalized spacial score (nSPS) is 22.9. The molecule has 2 atom stereocenters. The lowest BCUT2D eigenvalue weighted by molar-refractivity contribution is 0.319. The van der Waals surface area contributed by atoms with E-state index in [0.29, 0.717) is 23.2 Å². The van der Waals surface area contributed by atoms with Gasteiger partial charge in [0.2, 0.25) is 11.7 Å². The Labute approximate surface area is 115 Å². The summed E-state index contributed by atoms with van der Waals surface area (Å²) in [4.78, 5) is 4.36. The molecule has 1 aliphatic rings. The molecule has 100 valence electrons. The number of hydrogen-bond acceptors (Lipinski definition) is 4. The highest BCUT2D eigenvalue weighted by Gasteiger charge is 2.29. The summed E-state index contributed by atoms with van der Waals surface area (Å²) in [6, 6.07) is 4.47. The minimum atomic E-state index is -0.458. The van der Waals surface area contributed by atoms with E-state index in [2.05, 4.69) is 22.4 Å². The van der Waals surface area contributed by atoms with E-state index in [1.807, 2.05) is 0 Å².